The van der Waals surface area contributed by atoms with Crippen LogP contribution < -0.4 is 0 Å². The Kier molecular flexibility index (Phi) is 1.90. The van der Waals surface area contributed by atoms with E-state index >= 15 is 0 Å². The molecule has 2 rings (SSSR count). The monoisotopic (exact) mass is 172 g/mol. The number of ether oxygens (including phenoxy) is 2. The number of hydrogen-bond donors (Lipinski definition) is 1. The third-order valence-corrected chi connectivity index (χ3v) is 3.26. The minimum Gasteiger partial charge on any atom is -0.396 e. The van der Waals surface area contributed by atoms with Gasteiger partial charge >= 0.3 is 0 Å². The van der Waals surface area contributed by atoms with Gasteiger partial charge in [0.2, 0.25) is 0 Å². The maximum atomic E-state index is 9.29. The average Bonchev–Trinajstić information content (AvgIpc) is 2.64. The van der Waals surface area contributed by atoms with Crippen molar-refractivity contribution in [3.63, 3.8) is 0 Å². The van der Waals surface area contributed by atoms with Crippen LogP contribution in [0.1, 0.15) is 26.2 Å². The number of hydrogen-bond acceptors (Lipinski definition) is 3. The van der Waals surface area contributed by atoms with Crippen LogP contribution in [0.3, 0.4) is 0 Å². The molecular weight excluding hydrogens is 156 g/mol. The topological polar surface area (TPSA) is 38.7 Å². The Bertz CT molecular complexity index is 169. The zero-order valence-electron chi connectivity index (χ0n) is 7.51. The van der Waals surface area contributed by atoms with E-state index in [1.54, 1.807) is 0 Å². The first-order valence-electron chi connectivity index (χ1n) is 4.61. The third kappa shape index (κ3) is 0.934. The number of aliphatic hydroxyl groups is 1. The lowest BCUT2D eigenvalue weighted by Gasteiger charge is -2.37. The van der Waals surface area contributed by atoms with Gasteiger partial charge in [-0.1, -0.05) is 6.92 Å². The second kappa shape index (κ2) is 2.69. The predicted molar refractivity (Wildman–Crippen MR) is 43.7 cm³/mol. The first kappa shape index (κ1) is 8.48. The summed E-state index contributed by atoms with van der Waals surface area (Å²) >= 11 is 0. The Morgan fingerprint density at radius 2 is 1.92 bits per heavy atom. The minimum atomic E-state index is -0.457. The van der Waals surface area contributed by atoms with Gasteiger partial charge in [0.25, 0.3) is 0 Å². The molecule has 0 unspecified atom stereocenters. The van der Waals surface area contributed by atoms with Crippen LogP contribution in [0.25, 0.3) is 0 Å². The number of rotatable bonds is 1. The van der Waals surface area contributed by atoms with Gasteiger partial charge in [-0.25, -0.2) is 0 Å². The molecule has 1 N–H and O–H groups in total. The Labute approximate surface area is 72.7 Å². The summed E-state index contributed by atoms with van der Waals surface area (Å²) in [7, 11) is 0. The summed E-state index contributed by atoms with van der Waals surface area (Å²) in [5.41, 5.74) is -0.177. The van der Waals surface area contributed by atoms with Crippen LogP contribution in [0.2, 0.25) is 0 Å². The summed E-state index contributed by atoms with van der Waals surface area (Å²) in [6.07, 6.45) is 3.03. The lowest BCUT2D eigenvalue weighted by atomic mass is 9.84. The smallest absolute Gasteiger partial charge is 0.175 e. The highest BCUT2D eigenvalue weighted by Gasteiger charge is 2.55. The number of aliphatic hydroxyl groups excluding tert-OH is 1. The minimum absolute atomic E-state index is 0.160. The average molecular weight is 172 g/mol. The van der Waals surface area contributed by atoms with Crippen molar-refractivity contribution in [1.29, 1.82) is 0 Å². The third-order valence-electron chi connectivity index (χ3n) is 3.26. The molecule has 1 saturated carbocycles. The van der Waals surface area contributed by atoms with Crippen molar-refractivity contribution >= 4 is 0 Å². The lowest BCUT2D eigenvalue weighted by molar-refractivity contribution is -0.225. The summed E-state index contributed by atoms with van der Waals surface area (Å²) in [6.45, 7) is 3.56. The molecule has 1 saturated heterocycles. The Balaban J connectivity index is 2.22. The van der Waals surface area contributed by atoms with Crippen molar-refractivity contribution < 1.29 is 14.6 Å². The zero-order valence-corrected chi connectivity index (χ0v) is 7.51. The van der Waals surface area contributed by atoms with Gasteiger partial charge < -0.3 is 14.6 Å². The molecule has 12 heavy (non-hydrogen) atoms. The molecule has 3 nitrogen and oxygen atoms in total. The van der Waals surface area contributed by atoms with E-state index in [4.69, 9.17) is 9.47 Å². The molecular formula is C9H16O3. The normalized spacial score (nSPS) is 39.5. The molecule has 0 aromatic carbocycles. The molecule has 0 aromatic rings. The van der Waals surface area contributed by atoms with Gasteiger partial charge in [-0.2, -0.15) is 0 Å². The highest BCUT2D eigenvalue weighted by molar-refractivity contribution is 4.97. The fraction of sp³-hybridized carbons (Fsp3) is 1.00. The molecule has 70 valence electrons. The highest BCUT2D eigenvalue weighted by atomic mass is 16.7. The summed E-state index contributed by atoms with van der Waals surface area (Å²) in [5, 5.41) is 9.29. The molecule has 1 heterocycles. The van der Waals surface area contributed by atoms with Crippen molar-refractivity contribution in [3.05, 3.63) is 0 Å². The van der Waals surface area contributed by atoms with E-state index in [0.29, 0.717) is 13.2 Å². The van der Waals surface area contributed by atoms with Gasteiger partial charge in [-0.3, -0.25) is 0 Å². The maximum absolute atomic E-state index is 9.29. The van der Waals surface area contributed by atoms with E-state index in [1.165, 1.54) is 0 Å². The van der Waals surface area contributed by atoms with E-state index in [0.717, 1.165) is 19.3 Å². The Hall–Kier alpha value is -0.120. The summed E-state index contributed by atoms with van der Waals surface area (Å²) in [5.74, 6) is -0.457. The summed E-state index contributed by atoms with van der Waals surface area (Å²) in [6, 6.07) is 0. The SMILES string of the molecule is C[C@]1(CO)CCCC12OCCO2. The first-order chi connectivity index (χ1) is 5.72. The van der Waals surface area contributed by atoms with Gasteiger partial charge in [0.05, 0.1) is 19.8 Å². The van der Waals surface area contributed by atoms with Crippen LogP contribution in [0.5, 0.6) is 0 Å². The van der Waals surface area contributed by atoms with Crippen LogP contribution >= 0.6 is 0 Å². The molecule has 0 bridgehead atoms. The molecule has 0 radical (unpaired) electrons. The van der Waals surface area contributed by atoms with E-state index in [-0.39, 0.29) is 12.0 Å². The van der Waals surface area contributed by atoms with Crippen LogP contribution in [-0.2, 0) is 9.47 Å². The van der Waals surface area contributed by atoms with Crippen LogP contribution in [0.4, 0.5) is 0 Å². The van der Waals surface area contributed by atoms with Gasteiger partial charge in [0, 0.05) is 11.8 Å². The fourth-order valence-electron chi connectivity index (χ4n) is 2.35. The second-order valence-corrected chi connectivity index (χ2v) is 4.02. The van der Waals surface area contributed by atoms with Gasteiger partial charge in [0.1, 0.15) is 0 Å². The van der Waals surface area contributed by atoms with Crippen LogP contribution in [0.15, 0.2) is 0 Å². The van der Waals surface area contributed by atoms with Gasteiger partial charge in [-0.05, 0) is 12.8 Å². The quantitative estimate of drug-likeness (QED) is 0.639. The van der Waals surface area contributed by atoms with E-state index < -0.39 is 5.79 Å². The molecule has 3 heteroatoms. The van der Waals surface area contributed by atoms with Crippen molar-refractivity contribution in [2.24, 2.45) is 5.41 Å². The molecule has 2 fully saturated rings. The Morgan fingerprint density at radius 3 is 2.50 bits per heavy atom. The molecule has 0 aromatic heterocycles. The second-order valence-electron chi connectivity index (χ2n) is 4.02. The predicted octanol–water partition coefficient (Wildman–Crippen LogP) is 0.912. The summed E-state index contributed by atoms with van der Waals surface area (Å²) < 4.78 is 11.3. The van der Waals surface area contributed by atoms with Crippen LogP contribution in [0, 0.1) is 5.41 Å². The zero-order chi connectivity index (χ0) is 8.66. The standard InChI is InChI=1S/C9H16O3/c1-8(7-10)3-2-4-9(8)11-5-6-12-9/h10H,2-7H2,1H3/t8-/m1/s1. The molecule has 0 amide bonds. The van der Waals surface area contributed by atoms with Crippen molar-refractivity contribution in [2.45, 2.75) is 32.0 Å². The fourth-order valence-corrected chi connectivity index (χ4v) is 2.35. The Morgan fingerprint density at radius 1 is 1.25 bits per heavy atom. The molecule has 2 aliphatic rings. The maximum Gasteiger partial charge on any atom is 0.175 e. The van der Waals surface area contributed by atoms with Crippen molar-refractivity contribution in [3.8, 4) is 0 Å². The largest absolute Gasteiger partial charge is 0.396 e. The lowest BCUT2D eigenvalue weighted by Crippen LogP contribution is -2.45. The van der Waals surface area contributed by atoms with E-state index in [2.05, 4.69) is 0 Å². The van der Waals surface area contributed by atoms with Crippen molar-refractivity contribution in [1.82, 2.24) is 0 Å². The first-order valence-corrected chi connectivity index (χ1v) is 4.61. The van der Waals surface area contributed by atoms with E-state index in [1.807, 2.05) is 6.92 Å². The van der Waals surface area contributed by atoms with Gasteiger partial charge in [0.15, 0.2) is 5.79 Å². The van der Waals surface area contributed by atoms with E-state index in [9.17, 15) is 5.11 Å². The summed E-state index contributed by atoms with van der Waals surface area (Å²) in [4.78, 5) is 0. The van der Waals surface area contributed by atoms with Crippen molar-refractivity contribution in [2.75, 3.05) is 19.8 Å². The molecule has 1 spiro atoms. The van der Waals surface area contributed by atoms with Crippen LogP contribution in [-0.4, -0.2) is 30.7 Å². The van der Waals surface area contributed by atoms with Gasteiger partial charge in [-0.15, -0.1) is 0 Å². The molecule has 1 atom stereocenters. The molecule has 1 aliphatic carbocycles. The molecule has 1 aliphatic heterocycles. The highest BCUT2D eigenvalue weighted by Crippen LogP contribution is 2.50.